The average Bonchev–Trinajstić information content (AvgIpc) is 2.67. The fraction of sp³-hybridized carbons (Fsp3) is 0.300. The van der Waals surface area contributed by atoms with Gasteiger partial charge in [0.1, 0.15) is 0 Å². The van der Waals surface area contributed by atoms with Crippen molar-refractivity contribution in [3.8, 4) is 5.75 Å². The fourth-order valence-corrected chi connectivity index (χ4v) is 4.38. The number of anilines is 1. The summed E-state index contributed by atoms with van der Waals surface area (Å²) in [6.45, 7) is 1.32. The molecule has 0 aromatic heterocycles. The van der Waals surface area contributed by atoms with Gasteiger partial charge in [-0.25, -0.2) is 0 Å². The number of hydrogen-bond donors (Lipinski definition) is 1. The largest absolute Gasteiger partial charge is 0.481 e. The van der Waals surface area contributed by atoms with Crippen molar-refractivity contribution in [2.24, 2.45) is 0 Å². The maximum absolute atomic E-state index is 12.6. The number of carbonyl (C=O) groups is 2. The molecule has 0 atom stereocenters. The zero-order chi connectivity index (χ0) is 20.1. The van der Waals surface area contributed by atoms with E-state index in [2.05, 4.69) is 21.2 Å². The number of likely N-dealkylation sites (tertiary alicyclic amines) is 1. The van der Waals surface area contributed by atoms with Gasteiger partial charge in [-0.1, -0.05) is 29.3 Å². The molecular formula is C20H19BrCl2N2O3. The van der Waals surface area contributed by atoms with E-state index in [1.165, 1.54) is 6.07 Å². The van der Waals surface area contributed by atoms with Crippen LogP contribution in [-0.4, -0.2) is 36.4 Å². The summed E-state index contributed by atoms with van der Waals surface area (Å²) in [6.07, 6.45) is 3.22. The molecule has 3 rings (SSSR count). The van der Waals surface area contributed by atoms with E-state index in [9.17, 15) is 9.59 Å². The first-order chi connectivity index (χ1) is 13.4. The van der Waals surface area contributed by atoms with Crippen molar-refractivity contribution in [1.82, 2.24) is 4.90 Å². The lowest BCUT2D eigenvalue weighted by molar-refractivity contribution is -0.118. The van der Waals surface area contributed by atoms with Gasteiger partial charge in [0.2, 0.25) is 0 Å². The molecule has 2 aromatic carbocycles. The van der Waals surface area contributed by atoms with Crippen molar-refractivity contribution in [3.05, 3.63) is 56.5 Å². The van der Waals surface area contributed by atoms with Crippen LogP contribution < -0.4 is 10.1 Å². The molecule has 0 saturated carbocycles. The molecule has 5 nitrogen and oxygen atoms in total. The molecule has 0 aliphatic carbocycles. The summed E-state index contributed by atoms with van der Waals surface area (Å²) in [5.74, 6) is -0.0281. The molecule has 0 bridgehead atoms. The highest BCUT2D eigenvalue weighted by Crippen LogP contribution is 2.36. The van der Waals surface area contributed by atoms with Crippen molar-refractivity contribution >= 4 is 56.6 Å². The van der Waals surface area contributed by atoms with Gasteiger partial charge in [0.25, 0.3) is 11.8 Å². The lowest BCUT2D eigenvalue weighted by Crippen LogP contribution is -2.35. The highest BCUT2D eigenvalue weighted by Gasteiger charge is 2.18. The zero-order valence-electron chi connectivity index (χ0n) is 15.0. The van der Waals surface area contributed by atoms with E-state index >= 15 is 0 Å². The molecule has 2 aromatic rings. The minimum atomic E-state index is -0.361. The van der Waals surface area contributed by atoms with Crippen LogP contribution in [0, 0.1) is 0 Å². The van der Waals surface area contributed by atoms with Gasteiger partial charge in [0.15, 0.2) is 12.4 Å². The molecule has 1 fully saturated rings. The maximum Gasteiger partial charge on any atom is 0.262 e. The standard InChI is InChI=1S/C20H19BrCl2N2O3/c21-16-10-14(22)11-17(23)19(16)28-12-18(26)24-15-6-4-5-13(9-15)20(27)25-7-2-1-3-8-25/h4-6,9-11H,1-3,7-8,12H2,(H,24,26). The summed E-state index contributed by atoms with van der Waals surface area (Å²) in [5, 5.41) is 3.51. The summed E-state index contributed by atoms with van der Waals surface area (Å²) in [7, 11) is 0. The first kappa shape index (κ1) is 21.0. The summed E-state index contributed by atoms with van der Waals surface area (Å²) >= 11 is 15.3. The topological polar surface area (TPSA) is 58.6 Å². The smallest absolute Gasteiger partial charge is 0.262 e. The summed E-state index contributed by atoms with van der Waals surface area (Å²) in [5.41, 5.74) is 1.10. The first-order valence-corrected chi connectivity index (χ1v) is 10.5. The number of nitrogens with zero attached hydrogens (tertiary/aromatic N) is 1. The second kappa shape index (κ2) is 9.63. The van der Waals surface area contributed by atoms with Crippen LogP contribution in [0.4, 0.5) is 5.69 Å². The lowest BCUT2D eigenvalue weighted by Gasteiger charge is -2.26. The highest BCUT2D eigenvalue weighted by molar-refractivity contribution is 9.10. The molecule has 0 radical (unpaired) electrons. The van der Waals surface area contributed by atoms with Crippen LogP contribution in [0.15, 0.2) is 40.9 Å². The maximum atomic E-state index is 12.6. The number of rotatable bonds is 5. The van der Waals surface area contributed by atoms with Crippen LogP contribution in [0.2, 0.25) is 10.0 Å². The van der Waals surface area contributed by atoms with E-state index in [1.54, 1.807) is 30.3 Å². The molecule has 2 amide bonds. The summed E-state index contributed by atoms with van der Waals surface area (Å²) in [4.78, 5) is 26.7. The monoisotopic (exact) mass is 484 g/mol. The Labute approximate surface area is 182 Å². The number of ether oxygens (including phenoxy) is 1. The zero-order valence-corrected chi connectivity index (χ0v) is 18.1. The van der Waals surface area contributed by atoms with Gasteiger partial charge in [-0.2, -0.15) is 0 Å². The molecule has 148 valence electrons. The van der Waals surface area contributed by atoms with E-state index in [1.807, 2.05) is 4.90 Å². The molecule has 0 unspecified atom stereocenters. The van der Waals surface area contributed by atoms with E-state index in [-0.39, 0.29) is 18.4 Å². The average molecular weight is 486 g/mol. The molecule has 28 heavy (non-hydrogen) atoms. The van der Waals surface area contributed by atoms with E-state index < -0.39 is 0 Å². The van der Waals surface area contributed by atoms with Crippen molar-refractivity contribution in [1.29, 1.82) is 0 Å². The number of carbonyl (C=O) groups excluding carboxylic acids is 2. The third-order valence-electron chi connectivity index (χ3n) is 4.35. The van der Waals surface area contributed by atoms with Gasteiger partial charge < -0.3 is 15.0 Å². The predicted octanol–water partition coefficient (Wildman–Crippen LogP) is 5.40. The SMILES string of the molecule is O=C(COc1c(Cl)cc(Cl)cc1Br)Nc1cccc(C(=O)N2CCCCC2)c1. The van der Waals surface area contributed by atoms with Crippen LogP contribution in [0.3, 0.4) is 0 Å². The minimum absolute atomic E-state index is 0.0103. The minimum Gasteiger partial charge on any atom is -0.481 e. The van der Waals surface area contributed by atoms with Crippen molar-refractivity contribution in [2.45, 2.75) is 19.3 Å². The second-order valence-electron chi connectivity index (χ2n) is 6.47. The molecule has 8 heteroatoms. The van der Waals surface area contributed by atoms with Crippen molar-refractivity contribution in [3.63, 3.8) is 0 Å². The Bertz CT molecular complexity index is 862. The predicted molar refractivity (Wildman–Crippen MR) is 114 cm³/mol. The van der Waals surface area contributed by atoms with Gasteiger partial charge >= 0.3 is 0 Å². The third kappa shape index (κ3) is 5.40. The van der Waals surface area contributed by atoms with Crippen molar-refractivity contribution < 1.29 is 14.3 Å². The van der Waals surface area contributed by atoms with Gasteiger partial charge in [0, 0.05) is 29.4 Å². The molecule has 1 aliphatic heterocycles. The quantitative estimate of drug-likeness (QED) is 0.616. The van der Waals surface area contributed by atoms with Gasteiger partial charge in [-0.15, -0.1) is 0 Å². The van der Waals surface area contributed by atoms with E-state index in [0.717, 1.165) is 32.4 Å². The van der Waals surface area contributed by atoms with Gasteiger partial charge in [-0.05, 0) is 65.5 Å². The number of nitrogens with one attached hydrogen (secondary N) is 1. The van der Waals surface area contributed by atoms with E-state index in [4.69, 9.17) is 27.9 Å². The van der Waals surface area contributed by atoms with E-state index in [0.29, 0.717) is 31.5 Å². The number of piperidine rings is 1. The molecule has 0 spiro atoms. The number of amides is 2. The Balaban J connectivity index is 1.61. The van der Waals surface area contributed by atoms with Gasteiger partial charge in [0.05, 0.1) is 9.50 Å². The lowest BCUT2D eigenvalue weighted by atomic mass is 10.1. The highest BCUT2D eigenvalue weighted by atomic mass is 79.9. The number of halogens is 3. The Morgan fingerprint density at radius 3 is 2.57 bits per heavy atom. The van der Waals surface area contributed by atoms with Crippen LogP contribution in [0.1, 0.15) is 29.6 Å². The first-order valence-electron chi connectivity index (χ1n) is 8.90. The fourth-order valence-electron chi connectivity index (χ4n) is 3.01. The van der Waals surface area contributed by atoms with Crippen LogP contribution in [0.5, 0.6) is 5.75 Å². The summed E-state index contributed by atoms with van der Waals surface area (Å²) in [6, 6.07) is 10.1. The molecule has 1 aliphatic rings. The molecule has 1 heterocycles. The molecule has 1 N–H and O–H groups in total. The molecular weight excluding hydrogens is 467 g/mol. The van der Waals surface area contributed by atoms with Gasteiger partial charge in [-0.3, -0.25) is 9.59 Å². The van der Waals surface area contributed by atoms with Crippen molar-refractivity contribution in [2.75, 3.05) is 25.0 Å². The summed E-state index contributed by atoms with van der Waals surface area (Å²) < 4.78 is 6.07. The Morgan fingerprint density at radius 1 is 1.11 bits per heavy atom. The number of benzene rings is 2. The number of hydrogen-bond acceptors (Lipinski definition) is 3. The Hall–Kier alpha value is -1.76. The molecule has 1 saturated heterocycles. The third-order valence-corrected chi connectivity index (χ3v) is 5.44. The normalized spacial score (nSPS) is 13.9. The Morgan fingerprint density at radius 2 is 1.86 bits per heavy atom. The van der Waals surface area contributed by atoms with Crippen LogP contribution >= 0.6 is 39.1 Å². The second-order valence-corrected chi connectivity index (χ2v) is 8.17. The Kier molecular flexibility index (Phi) is 7.21. The van der Waals surface area contributed by atoms with Crippen LogP contribution in [0.25, 0.3) is 0 Å². The van der Waals surface area contributed by atoms with Crippen LogP contribution in [-0.2, 0) is 4.79 Å².